The van der Waals surface area contributed by atoms with Crippen molar-refractivity contribution in [2.45, 2.75) is 38.9 Å². The van der Waals surface area contributed by atoms with Gasteiger partial charge in [0, 0.05) is 27.8 Å². The van der Waals surface area contributed by atoms with Gasteiger partial charge in [-0.2, -0.15) is 0 Å². The Labute approximate surface area is 241 Å². The Balaban J connectivity index is 1.30. The molecule has 1 aliphatic heterocycles. The fraction of sp³-hybridized carbons (Fsp3) is 0.167. The van der Waals surface area contributed by atoms with Crippen LogP contribution >= 0.6 is 0 Å². The summed E-state index contributed by atoms with van der Waals surface area (Å²) in [5.41, 5.74) is 7.56. The molecule has 5 aromatic carbocycles. The molecule has 2 heterocycles. The van der Waals surface area contributed by atoms with Gasteiger partial charge in [0.25, 0.3) is 0 Å². The number of fused-ring (bicyclic) bond motifs is 3. The summed E-state index contributed by atoms with van der Waals surface area (Å²) in [7, 11) is -0.402. The molecule has 0 amide bonds. The van der Waals surface area contributed by atoms with Gasteiger partial charge in [-0.25, -0.2) is 0 Å². The topological polar surface area (TPSA) is 34.8 Å². The number of hydrogen-bond donors (Lipinski definition) is 0. The maximum Gasteiger partial charge on any atom is 0.494 e. The van der Waals surface area contributed by atoms with Gasteiger partial charge >= 0.3 is 7.12 Å². The first-order chi connectivity index (χ1) is 19.8. The third-order valence-electron chi connectivity index (χ3n) is 8.53. The Morgan fingerprint density at radius 1 is 0.512 bits per heavy atom. The van der Waals surface area contributed by atoms with Crippen LogP contribution in [0.2, 0.25) is 0 Å². The molecule has 0 bridgehead atoms. The first kappa shape index (κ1) is 25.6. The maximum absolute atomic E-state index is 6.31. The zero-order valence-electron chi connectivity index (χ0n) is 23.8. The molecule has 0 N–H and O–H groups in total. The number of para-hydroxylation sites is 1. The van der Waals surface area contributed by atoms with Crippen LogP contribution < -0.4 is 10.4 Å². The zero-order chi connectivity index (χ0) is 28.2. The normalized spacial score (nSPS) is 16.0. The van der Waals surface area contributed by atoms with Gasteiger partial charge in [0.2, 0.25) is 0 Å². The monoisotopic (exact) mass is 537 g/mol. The Morgan fingerprint density at radius 2 is 1.05 bits per heavy atom. The van der Waals surface area contributed by atoms with Crippen LogP contribution in [0.4, 0.5) is 17.1 Å². The first-order valence-electron chi connectivity index (χ1n) is 14.1. The zero-order valence-corrected chi connectivity index (χ0v) is 23.8. The van der Waals surface area contributed by atoms with E-state index >= 15 is 0 Å². The minimum absolute atomic E-state index is 0.383. The van der Waals surface area contributed by atoms with Gasteiger partial charge in [0.1, 0.15) is 11.2 Å². The van der Waals surface area contributed by atoms with E-state index in [9.17, 15) is 0 Å². The van der Waals surface area contributed by atoms with Crippen LogP contribution in [0.3, 0.4) is 0 Å². The van der Waals surface area contributed by atoms with Crippen LogP contribution in [-0.4, -0.2) is 18.3 Å². The van der Waals surface area contributed by atoms with Gasteiger partial charge < -0.3 is 18.6 Å². The summed E-state index contributed by atoms with van der Waals surface area (Å²) >= 11 is 0. The van der Waals surface area contributed by atoms with Gasteiger partial charge in [0.15, 0.2) is 0 Å². The molecule has 41 heavy (non-hydrogen) atoms. The van der Waals surface area contributed by atoms with E-state index in [0.717, 1.165) is 44.5 Å². The SMILES string of the molecule is CC1(C)OB(c2ccc(N(c3ccc(-c4ccccc4)cc3)c3ccc4oc5ccccc5c4c3)cc2)OC1(C)C. The van der Waals surface area contributed by atoms with Crippen molar-refractivity contribution in [3.8, 4) is 11.1 Å². The summed E-state index contributed by atoms with van der Waals surface area (Å²) < 4.78 is 18.7. The maximum atomic E-state index is 6.31. The van der Waals surface area contributed by atoms with Gasteiger partial charge in [-0.15, -0.1) is 0 Å². The third-order valence-corrected chi connectivity index (χ3v) is 8.53. The average Bonchev–Trinajstić information content (AvgIpc) is 3.46. The molecule has 4 nitrogen and oxygen atoms in total. The molecule has 0 aliphatic carbocycles. The number of hydrogen-bond acceptors (Lipinski definition) is 4. The lowest BCUT2D eigenvalue weighted by Gasteiger charge is -2.32. The van der Waals surface area contributed by atoms with Crippen LogP contribution in [0.15, 0.2) is 126 Å². The van der Waals surface area contributed by atoms with Gasteiger partial charge in [-0.3, -0.25) is 0 Å². The van der Waals surface area contributed by atoms with Crippen LogP contribution in [0, 0.1) is 0 Å². The first-order valence-corrected chi connectivity index (χ1v) is 14.1. The van der Waals surface area contributed by atoms with Crippen molar-refractivity contribution >= 4 is 51.6 Å². The molecule has 0 spiro atoms. The Hall–Kier alpha value is -4.32. The van der Waals surface area contributed by atoms with Gasteiger partial charge in [-0.1, -0.05) is 72.8 Å². The highest BCUT2D eigenvalue weighted by atomic mass is 16.7. The van der Waals surface area contributed by atoms with Crippen LogP contribution in [0.1, 0.15) is 27.7 Å². The van der Waals surface area contributed by atoms with Crippen LogP contribution in [-0.2, 0) is 9.31 Å². The summed E-state index contributed by atoms with van der Waals surface area (Å²) in [5.74, 6) is 0. The van der Waals surface area contributed by atoms with E-state index in [4.69, 9.17) is 13.7 Å². The molecule has 0 unspecified atom stereocenters. The fourth-order valence-electron chi connectivity index (χ4n) is 5.49. The van der Waals surface area contributed by atoms with Crippen LogP contribution in [0.25, 0.3) is 33.1 Å². The molecular weight excluding hydrogens is 505 g/mol. The molecule has 0 radical (unpaired) electrons. The molecule has 7 rings (SSSR count). The van der Waals surface area contributed by atoms with Crippen molar-refractivity contribution in [1.82, 2.24) is 0 Å². The second-order valence-electron chi connectivity index (χ2n) is 11.7. The van der Waals surface area contributed by atoms with E-state index in [0.29, 0.717) is 0 Å². The van der Waals surface area contributed by atoms with Gasteiger partial charge in [0.05, 0.1) is 11.2 Å². The molecule has 1 fully saturated rings. The highest BCUT2D eigenvalue weighted by Crippen LogP contribution is 2.40. The summed E-state index contributed by atoms with van der Waals surface area (Å²) in [6, 6.07) is 42.3. The Kier molecular flexibility index (Phi) is 6.04. The summed E-state index contributed by atoms with van der Waals surface area (Å²) in [6.07, 6.45) is 0. The van der Waals surface area contributed by atoms with Crippen molar-refractivity contribution in [1.29, 1.82) is 0 Å². The van der Waals surface area contributed by atoms with E-state index < -0.39 is 7.12 Å². The number of furan rings is 1. The predicted molar refractivity (Wildman–Crippen MR) is 170 cm³/mol. The number of nitrogens with zero attached hydrogens (tertiary/aromatic N) is 1. The van der Waals surface area contributed by atoms with E-state index in [1.807, 2.05) is 18.2 Å². The predicted octanol–water partition coefficient (Wildman–Crippen LogP) is 9.02. The molecule has 0 saturated carbocycles. The molecule has 202 valence electrons. The lowest BCUT2D eigenvalue weighted by molar-refractivity contribution is 0.00578. The number of benzene rings is 5. The number of rotatable bonds is 5. The summed E-state index contributed by atoms with van der Waals surface area (Å²) in [4.78, 5) is 2.28. The Bertz CT molecular complexity index is 1820. The fourth-order valence-corrected chi connectivity index (χ4v) is 5.49. The highest BCUT2D eigenvalue weighted by Gasteiger charge is 2.51. The summed E-state index contributed by atoms with van der Waals surface area (Å²) in [5, 5.41) is 2.21. The van der Waals surface area contributed by atoms with Crippen LogP contribution in [0.5, 0.6) is 0 Å². The smallest absolute Gasteiger partial charge is 0.456 e. The third kappa shape index (κ3) is 4.52. The molecule has 1 aliphatic rings. The Morgan fingerprint density at radius 3 is 1.73 bits per heavy atom. The molecule has 1 saturated heterocycles. The molecule has 6 aromatic rings. The number of anilines is 3. The molecule has 1 aromatic heterocycles. The second-order valence-corrected chi connectivity index (χ2v) is 11.7. The molecule has 0 atom stereocenters. The highest BCUT2D eigenvalue weighted by molar-refractivity contribution is 6.62. The lowest BCUT2D eigenvalue weighted by atomic mass is 9.79. The van der Waals surface area contributed by atoms with Crippen molar-refractivity contribution in [3.63, 3.8) is 0 Å². The molecular formula is C36H32BNO3. The molecule has 5 heteroatoms. The lowest BCUT2D eigenvalue weighted by Crippen LogP contribution is -2.41. The largest absolute Gasteiger partial charge is 0.494 e. The quantitative estimate of drug-likeness (QED) is 0.206. The van der Waals surface area contributed by atoms with E-state index in [1.54, 1.807) is 0 Å². The van der Waals surface area contributed by atoms with Crippen molar-refractivity contribution in [2.75, 3.05) is 4.90 Å². The van der Waals surface area contributed by atoms with Crippen molar-refractivity contribution in [2.24, 2.45) is 0 Å². The van der Waals surface area contributed by atoms with Gasteiger partial charge in [-0.05, 0) is 92.8 Å². The minimum atomic E-state index is -0.402. The minimum Gasteiger partial charge on any atom is -0.456 e. The standard InChI is InChI=1S/C36H32BNO3/c1-35(2)36(3,4)41-37(40-35)27-16-20-29(21-17-27)38(28-18-14-26(15-19-28)25-10-6-5-7-11-25)30-22-23-34-32(24-30)31-12-8-9-13-33(31)39-34/h5-24H,1-4H3. The average molecular weight is 537 g/mol. The van der Waals surface area contributed by atoms with E-state index in [2.05, 4.69) is 136 Å². The van der Waals surface area contributed by atoms with E-state index in [-0.39, 0.29) is 11.2 Å². The van der Waals surface area contributed by atoms with Crippen molar-refractivity contribution in [3.05, 3.63) is 121 Å². The summed E-state index contributed by atoms with van der Waals surface area (Å²) in [6.45, 7) is 8.33. The van der Waals surface area contributed by atoms with Crippen molar-refractivity contribution < 1.29 is 13.7 Å². The van der Waals surface area contributed by atoms with E-state index in [1.165, 1.54) is 11.1 Å². The second kappa shape index (κ2) is 9.65.